The first-order chi connectivity index (χ1) is 13.5. The van der Waals surface area contributed by atoms with E-state index in [0.717, 1.165) is 11.5 Å². The molecule has 142 valence electrons. The Balaban J connectivity index is 1.48. The number of rotatable bonds is 5. The molecule has 1 N–H and O–H groups in total. The smallest absolute Gasteiger partial charge is 0.256 e. The number of carbonyl (C=O) groups excluding carboxylic acids is 1. The van der Waals surface area contributed by atoms with E-state index in [4.69, 9.17) is 11.6 Å². The number of halogens is 2. The lowest BCUT2D eigenvalue weighted by atomic mass is 10.2. The molecule has 0 unspecified atom stereocenters. The number of amides is 1. The Kier molecular flexibility index (Phi) is 4.79. The van der Waals surface area contributed by atoms with Crippen LogP contribution in [0.1, 0.15) is 21.9 Å². The molecule has 28 heavy (non-hydrogen) atoms. The SMILES string of the molecule is Cc1nn(-c2ccc(F)cc2)c(Cl)c1C(=O)NCCc1nnc2ccccn12. The third-order valence-corrected chi connectivity index (χ3v) is 4.67. The highest BCUT2D eigenvalue weighted by Crippen LogP contribution is 2.23. The van der Waals surface area contributed by atoms with Crippen molar-refractivity contribution >= 4 is 23.2 Å². The zero-order valence-corrected chi connectivity index (χ0v) is 15.7. The monoisotopic (exact) mass is 398 g/mol. The first-order valence-electron chi connectivity index (χ1n) is 8.62. The van der Waals surface area contributed by atoms with Gasteiger partial charge in [-0.25, -0.2) is 9.07 Å². The molecule has 0 saturated carbocycles. The third-order valence-electron chi connectivity index (χ3n) is 4.32. The highest BCUT2D eigenvalue weighted by molar-refractivity contribution is 6.33. The molecular weight excluding hydrogens is 383 g/mol. The molecular formula is C19H16ClFN6O. The summed E-state index contributed by atoms with van der Waals surface area (Å²) in [5.41, 5.74) is 2.10. The number of hydrogen-bond acceptors (Lipinski definition) is 4. The molecule has 4 rings (SSSR count). The fourth-order valence-corrected chi connectivity index (χ4v) is 3.31. The molecule has 1 aromatic carbocycles. The number of pyridine rings is 1. The van der Waals surface area contributed by atoms with Crippen molar-refractivity contribution in [3.05, 3.63) is 76.7 Å². The first kappa shape index (κ1) is 18.1. The largest absolute Gasteiger partial charge is 0.351 e. The number of carbonyl (C=O) groups is 1. The van der Waals surface area contributed by atoms with Crippen LogP contribution in [0.25, 0.3) is 11.3 Å². The number of benzene rings is 1. The van der Waals surface area contributed by atoms with E-state index in [0.29, 0.717) is 24.3 Å². The molecule has 7 nitrogen and oxygen atoms in total. The number of nitrogens with zero attached hydrogens (tertiary/aromatic N) is 5. The molecule has 0 aliphatic carbocycles. The zero-order chi connectivity index (χ0) is 19.7. The van der Waals surface area contributed by atoms with E-state index in [1.54, 1.807) is 19.1 Å². The summed E-state index contributed by atoms with van der Waals surface area (Å²) in [4.78, 5) is 12.6. The topological polar surface area (TPSA) is 77.1 Å². The van der Waals surface area contributed by atoms with Gasteiger partial charge in [0, 0.05) is 19.2 Å². The normalized spacial score (nSPS) is 11.1. The lowest BCUT2D eigenvalue weighted by molar-refractivity contribution is 0.0953. The standard InChI is InChI=1S/C19H16ClFN6O/c1-12-17(18(20)27(25-12)14-7-5-13(21)6-8-14)19(28)22-10-9-16-24-23-15-4-2-3-11-26(15)16/h2-8,11H,9-10H2,1H3,(H,22,28). The summed E-state index contributed by atoms with van der Waals surface area (Å²) in [6.07, 6.45) is 2.39. The molecule has 4 aromatic rings. The van der Waals surface area contributed by atoms with Gasteiger partial charge in [0.25, 0.3) is 5.91 Å². The van der Waals surface area contributed by atoms with Crippen molar-refractivity contribution < 1.29 is 9.18 Å². The van der Waals surface area contributed by atoms with Crippen LogP contribution < -0.4 is 5.32 Å². The fraction of sp³-hybridized carbons (Fsp3) is 0.158. The Morgan fingerprint density at radius 2 is 1.96 bits per heavy atom. The van der Waals surface area contributed by atoms with Gasteiger partial charge in [0.05, 0.1) is 16.9 Å². The van der Waals surface area contributed by atoms with Crippen molar-refractivity contribution in [3.63, 3.8) is 0 Å². The van der Waals surface area contributed by atoms with E-state index in [2.05, 4.69) is 20.6 Å². The molecule has 0 radical (unpaired) electrons. The van der Waals surface area contributed by atoms with Crippen LogP contribution >= 0.6 is 11.6 Å². The van der Waals surface area contributed by atoms with Gasteiger partial charge < -0.3 is 5.32 Å². The molecule has 3 aromatic heterocycles. The molecule has 0 fully saturated rings. The van der Waals surface area contributed by atoms with Crippen molar-refractivity contribution in [2.75, 3.05) is 6.54 Å². The fourth-order valence-electron chi connectivity index (χ4n) is 2.95. The van der Waals surface area contributed by atoms with Crippen molar-refractivity contribution in [2.45, 2.75) is 13.3 Å². The van der Waals surface area contributed by atoms with Crippen LogP contribution in [0.15, 0.2) is 48.7 Å². The van der Waals surface area contributed by atoms with Crippen LogP contribution in [-0.4, -0.2) is 36.8 Å². The predicted octanol–water partition coefficient (Wildman–Crippen LogP) is 2.99. The van der Waals surface area contributed by atoms with Crippen LogP contribution in [0.3, 0.4) is 0 Å². The molecule has 0 atom stereocenters. The Morgan fingerprint density at radius 3 is 2.75 bits per heavy atom. The highest BCUT2D eigenvalue weighted by atomic mass is 35.5. The van der Waals surface area contributed by atoms with Crippen molar-refractivity contribution in [1.29, 1.82) is 0 Å². The predicted molar refractivity (Wildman–Crippen MR) is 102 cm³/mol. The quantitative estimate of drug-likeness (QED) is 0.560. The van der Waals surface area contributed by atoms with Gasteiger partial charge in [-0.05, 0) is 43.3 Å². The molecule has 1 amide bonds. The van der Waals surface area contributed by atoms with Crippen LogP contribution in [0.5, 0.6) is 0 Å². The second-order valence-corrected chi connectivity index (χ2v) is 6.55. The average Bonchev–Trinajstić information content (AvgIpc) is 3.23. The Bertz CT molecular complexity index is 1150. The summed E-state index contributed by atoms with van der Waals surface area (Å²) in [5.74, 6) is 0.0631. The number of nitrogens with one attached hydrogen (secondary N) is 1. The van der Waals surface area contributed by atoms with Crippen LogP contribution in [0.4, 0.5) is 4.39 Å². The Labute approximate surface area is 164 Å². The lowest BCUT2D eigenvalue weighted by Crippen LogP contribution is -2.26. The van der Waals surface area contributed by atoms with Crippen LogP contribution in [0.2, 0.25) is 5.15 Å². The summed E-state index contributed by atoms with van der Waals surface area (Å²) in [5, 5.41) is 15.5. The van der Waals surface area contributed by atoms with E-state index < -0.39 is 0 Å². The first-order valence-corrected chi connectivity index (χ1v) is 9.00. The lowest BCUT2D eigenvalue weighted by Gasteiger charge is -2.05. The maximum Gasteiger partial charge on any atom is 0.256 e. The van der Waals surface area contributed by atoms with Crippen LogP contribution in [0, 0.1) is 12.7 Å². The molecule has 0 spiro atoms. The summed E-state index contributed by atoms with van der Waals surface area (Å²) >= 11 is 6.37. The number of hydrogen-bond donors (Lipinski definition) is 1. The van der Waals surface area contributed by atoms with Gasteiger partial charge in [0.15, 0.2) is 5.65 Å². The molecule has 0 aliphatic rings. The van der Waals surface area contributed by atoms with Crippen molar-refractivity contribution in [1.82, 2.24) is 29.7 Å². The van der Waals surface area contributed by atoms with Gasteiger partial charge in [-0.2, -0.15) is 5.10 Å². The Hall–Kier alpha value is -3.26. The van der Waals surface area contributed by atoms with Crippen LogP contribution in [-0.2, 0) is 6.42 Å². The van der Waals surface area contributed by atoms with Crippen molar-refractivity contribution in [3.8, 4) is 5.69 Å². The number of aryl methyl sites for hydroxylation is 1. The average molecular weight is 399 g/mol. The van der Waals surface area contributed by atoms with Gasteiger partial charge >= 0.3 is 0 Å². The zero-order valence-electron chi connectivity index (χ0n) is 14.9. The molecule has 9 heteroatoms. The minimum Gasteiger partial charge on any atom is -0.351 e. The molecule has 3 heterocycles. The molecule has 0 saturated heterocycles. The number of fused-ring (bicyclic) bond motifs is 1. The van der Waals surface area contributed by atoms with E-state index in [1.165, 1.54) is 16.8 Å². The minimum absolute atomic E-state index is 0.175. The maximum absolute atomic E-state index is 13.1. The van der Waals surface area contributed by atoms with Gasteiger partial charge in [-0.15, -0.1) is 10.2 Å². The summed E-state index contributed by atoms with van der Waals surface area (Å²) in [6.45, 7) is 2.07. The number of aromatic nitrogens is 5. The van der Waals surface area contributed by atoms with E-state index in [9.17, 15) is 9.18 Å². The van der Waals surface area contributed by atoms with Crippen molar-refractivity contribution in [2.24, 2.45) is 0 Å². The van der Waals surface area contributed by atoms with E-state index >= 15 is 0 Å². The summed E-state index contributed by atoms with van der Waals surface area (Å²) < 4.78 is 16.4. The second kappa shape index (κ2) is 7.40. The van der Waals surface area contributed by atoms with Gasteiger partial charge in [-0.1, -0.05) is 17.7 Å². The summed E-state index contributed by atoms with van der Waals surface area (Å²) in [7, 11) is 0. The maximum atomic E-state index is 13.1. The van der Waals surface area contributed by atoms with E-state index in [1.807, 2.05) is 28.8 Å². The Morgan fingerprint density at radius 1 is 1.18 bits per heavy atom. The third kappa shape index (κ3) is 3.34. The van der Waals surface area contributed by atoms with Gasteiger partial charge in [-0.3, -0.25) is 9.20 Å². The highest BCUT2D eigenvalue weighted by Gasteiger charge is 2.21. The molecule has 0 bridgehead atoms. The van der Waals surface area contributed by atoms with Gasteiger partial charge in [0.2, 0.25) is 0 Å². The second-order valence-electron chi connectivity index (χ2n) is 6.19. The van der Waals surface area contributed by atoms with E-state index in [-0.39, 0.29) is 22.4 Å². The molecule has 0 aliphatic heterocycles. The van der Waals surface area contributed by atoms with Gasteiger partial charge in [0.1, 0.15) is 16.8 Å². The minimum atomic E-state index is -0.359. The summed E-state index contributed by atoms with van der Waals surface area (Å²) in [6, 6.07) is 11.4.